The first-order chi connectivity index (χ1) is 17.0. The van der Waals surface area contributed by atoms with Crippen molar-refractivity contribution >= 4 is 35.7 Å². The molecule has 35 heavy (non-hydrogen) atoms. The summed E-state index contributed by atoms with van der Waals surface area (Å²) in [6.45, 7) is 3.27. The molecule has 0 fully saturated rings. The molecule has 4 bridgehead atoms. The number of amides is 1. The Labute approximate surface area is 214 Å². The van der Waals surface area contributed by atoms with Gasteiger partial charge in [0, 0.05) is 23.1 Å². The number of aromatic nitrogens is 1. The molecule has 8 nitrogen and oxygen atoms in total. The molecule has 0 saturated carbocycles. The maximum atomic E-state index is 13.5. The van der Waals surface area contributed by atoms with Gasteiger partial charge in [-0.1, -0.05) is 24.3 Å². The fourth-order valence-electron chi connectivity index (χ4n) is 3.71. The van der Waals surface area contributed by atoms with Gasteiger partial charge in [-0.3, -0.25) is 19.5 Å². The van der Waals surface area contributed by atoms with E-state index in [0.29, 0.717) is 42.5 Å². The minimum absolute atomic E-state index is 0.114. The number of benzene rings is 2. The van der Waals surface area contributed by atoms with Gasteiger partial charge in [0.2, 0.25) is 0 Å². The average molecular weight is 515 g/mol. The van der Waals surface area contributed by atoms with Crippen LogP contribution in [0.15, 0.2) is 41.8 Å². The van der Waals surface area contributed by atoms with Crippen LogP contribution in [0.2, 0.25) is 0 Å². The predicted molar refractivity (Wildman–Crippen MR) is 140 cm³/mol. The summed E-state index contributed by atoms with van der Waals surface area (Å²) in [7, 11) is 3.36. The van der Waals surface area contributed by atoms with Gasteiger partial charge in [-0.2, -0.15) is 0 Å². The molecule has 2 aromatic carbocycles. The smallest absolute Gasteiger partial charge is 0.254 e. The van der Waals surface area contributed by atoms with Crippen LogP contribution in [0.3, 0.4) is 0 Å². The van der Waals surface area contributed by atoms with Crippen molar-refractivity contribution in [2.75, 3.05) is 20.7 Å². The standard InChI is InChI=1S/C24H24N2O4S.CH6N2S/c1-16-21(29-2)10-19-11-22(16)30-14-18-6-3-5-17(9-18)7-4-8-26(24(19)28)12-23-25-20(13-27)15-31-23;1-3-4-2/h3,5-6,9-11,13,15H,4,7-8,12,14H2,1-2H3;3H,2H2,1H3. The van der Waals surface area contributed by atoms with Crippen molar-refractivity contribution in [3.05, 3.63) is 74.7 Å². The number of hydrogen-bond acceptors (Lipinski definition) is 9. The Morgan fingerprint density at radius 3 is 2.77 bits per heavy atom. The lowest BCUT2D eigenvalue weighted by molar-refractivity contribution is 0.0740. The Morgan fingerprint density at radius 1 is 1.31 bits per heavy atom. The number of nitrogens with two attached hydrogens (primary N) is 1. The molecule has 1 aliphatic rings. The third kappa shape index (κ3) is 7.28. The molecule has 1 aliphatic heterocycles. The summed E-state index contributed by atoms with van der Waals surface area (Å²) in [5.74, 6) is 1.13. The summed E-state index contributed by atoms with van der Waals surface area (Å²) in [5, 5.41) is 7.28. The summed E-state index contributed by atoms with van der Waals surface area (Å²) >= 11 is 2.49. The van der Waals surface area contributed by atoms with E-state index in [1.54, 1.807) is 36.6 Å². The molecule has 3 N–H and O–H groups in total. The second kappa shape index (κ2) is 13.2. The fourth-order valence-corrected chi connectivity index (χ4v) is 4.46. The van der Waals surface area contributed by atoms with Crippen LogP contribution < -0.4 is 19.3 Å². The van der Waals surface area contributed by atoms with E-state index in [-0.39, 0.29) is 5.91 Å². The molecule has 0 atom stereocenters. The first-order valence-corrected chi connectivity index (χ1v) is 12.9. The van der Waals surface area contributed by atoms with E-state index in [4.69, 9.17) is 14.6 Å². The van der Waals surface area contributed by atoms with Crippen LogP contribution in [0.25, 0.3) is 0 Å². The molecule has 0 spiro atoms. The molecule has 1 amide bonds. The summed E-state index contributed by atoms with van der Waals surface area (Å²) < 4.78 is 14.2. The number of nitrogens with one attached hydrogen (secondary N) is 1. The second-order valence-electron chi connectivity index (χ2n) is 7.85. The molecular formula is C25H30N4O4S2. The van der Waals surface area contributed by atoms with E-state index in [2.05, 4.69) is 21.8 Å². The van der Waals surface area contributed by atoms with Crippen molar-refractivity contribution in [3.8, 4) is 11.5 Å². The summed E-state index contributed by atoms with van der Waals surface area (Å²) in [5.41, 5.74) is 4.06. The number of methoxy groups -OCH3 is 1. The van der Waals surface area contributed by atoms with Gasteiger partial charge in [0.1, 0.15) is 28.8 Å². The molecule has 3 aromatic rings. The van der Waals surface area contributed by atoms with Gasteiger partial charge in [-0.15, -0.1) is 11.3 Å². The lowest BCUT2D eigenvalue weighted by Crippen LogP contribution is -2.32. The molecule has 186 valence electrons. The number of ether oxygens (including phenoxy) is 2. The van der Waals surface area contributed by atoms with E-state index < -0.39 is 0 Å². The van der Waals surface area contributed by atoms with Gasteiger partial charge in [0.25, 0.3) is 5.91 Å². The molecule has 0 aliphatic carbocycles. The molecule has 0 radical (unpaired) electrons. The van der Waals surface area contributed by atoms with Crippen LogP contribution in [-0.4, -0.2) is 42.8 Å². The third-order valence-electron chi connectivity index (χ3n) is 5.48. The van der Waals surface area contributed by atoms with Crippen molar-refractivity contribution in [2.24, 2.45) is 5.14 Å². The summed E-state index contributed by atoms with van der Waals surface area (Å²) in [4.78, 5) is 30.6. The Kier molecular flexibility index (Phi) is 10.1. The van der Waals surface area contributed by atoms with Crippen LogP contribution in [0.5, 0.6) is 11.5 Å². The number of carbonyl (C=O) groups excluding carboxylic acids is 2. The summed E-state index contributed by atoms with van der Waals surface area (Å²) in [6.07, 6.45) is 2.40. The highest BCUT2D eigenvalue weighted by Gasteiger charge is 2.21. The zero-order chi connectivity index (χ0) is 25.2. The lowest BCUT2D eigenvalue weighted by atomic mass is 10.1. The Morgan fingerprint density at radius 2 is 2.09 bits per heavy atom. The van der Waals surface area contributed by atoms with Crippen LogP contribution in [0.1, 0.15) is 49.0 Å². The van der Waals surface area contributed by atoms with E-state index in [1.165, 1.54) is 16.9 Å². The largest absolute Gasteiger partial charge is 0.496 e. The van der Waals surface area contributed by atoms with Crippen molar-refractivity contribution in [1.29, 1.82) is 0 Å². The molecule has 0 unspecified atom stereocenters. The maximum Gasteiger partial charge on any atom is 0.254 e. The zero-order valence-corrected chi connectivity index (χ0v) is 21.7. The van der Waals surface area contributed by atoms with Gasteiger partial charge < -0.3 is 14.4 Å². The fraction of sp³-hybridized carbons (Fsp3) is 0.320. The monoisotopic (exact) mass is 514 g/mol. The molecule has 2 heterocycles. The zero-order valence-electron chi connectivity index (χ0n) is 20.1. The Balaban J connectivity index is 0.000000795. The minimum atomic E-state index is -0.114. The minimum Gasteiger partial charge on any atom is -0.496 e. The van der Waals surface area contributed by atoms with Gasteiger partial charge in [-0.05, 0) is 62.2 Å². The number of carbonyl (C=O) groups is 2. The van der Waals surface area contributed by atoms with E-state index in [1.807, 2.05) is 19.1 Å². The van der Waals surface area contributed by atoms with Gasteiger partial charge in [0.15, 0.2) is 6.29 Å². The highest BCUT2D eigenvalue weighted by atomic mass is 32.2. The third-order valence-corrected chi connectivity index (χ3v) is 6.57. The van der Waals surface area contributed by atoms with Crippen molar-refractivity contribution in [2.45, 2.75) is 32.9 Å². The van der Waals surface area contributed by atoms with Gasteiger partial charge in [0.05, 0.1) is 13.7 Å². The summed E-state index contributed by atoms with van der Waals surface area (Å²) in [6, 6.07) is 11.9. The van der Waals surface area contributed by atoms with Crippen LogP contribution in [-0.2, 0) is 19.6 Å². The second-order valence-corrected chi connectivity index (χ2v) is 9.43. The number of thiazole rings is 1. The Bertz CT molecular complexity index is 1150. The highest BCUT2D eigenvalue weighted by Crippen LogP contribution is 2.31. The first-order valence-electron chi connectivity index (χ1n) is 11.1. The average Bonchev–Trinajstić information content (AvgIpc) is 3.35. The van der Waals surface area contributed by atoms with Crippen LogP contribution >= 0.6 is 23.5 Å². The highest BCUT2D eigenvalue weighted by molar-refractivity contribution is 7.95. The molecule has 10 heteroatoms. The van der Waals surface area contributed by atoms with Crippen LogP contribution in [0, 0.1) is 6.92 Å². The number of hydrogen-bond donors (Lipinski definition) is 2. The molecule has 0 saturated heterocycles. The number of aldehydes is 1. The number of aryl methyl sites for hydroxylation is 1. The molecule has 4 rings (SSSR count). The van der Waals surface area contributed by atoms with E-state index in [9.17, 15) is 9.59 Å². The maximum absolute atomic E-state index is 13.5. The topological polar surface area (TPSA) is 107 Å². The van der Waals surface area contributed by atoms with Gasteiger partial charge >= 0.3 is 0 Å². The number of fused-ring (bicyclic) bond motifs is 4. The first kappa shape index (κ1) is 26.7. The lowest BCUT2D eigenvalue weighted by Gasteiger charge is -2.23. The van der Waals surface area contributed by atoms with Crippen molar-refractivity contribution in [1.82, 2.24) is 14.6 Å². The molecule has 1 aromatic heterocycles. The quantitative estimate of drug-likeness (QED) is 0.386. The van der Waals surface area contributed by atoms with Crippen LogP contribution in [0.4, 0.5) is 0 Å². The van der Waals surface area contributed by atoms with E-state index >= 15 is 0 Å². The van der Waals surface area contributed by atoms with Gasteiger partial charge in [-0.25, -0.2) is 4.98 Å². The van der Waals surface area contributed by atoms with E-state index in [0.717, 1.165) is 47.4 Å². The Hall–Kier alpha value is -2.92. The molecular weight excluding hydrogens is 484 g/mol. The SMILES string of the molecule is CNSN.COc1cc2cc(c1C)OCc1cccc(c1)CCCN(Cc1nc(C=O)cs1)C2=O. The number of nitrogens with zero attached hydrogens (tertiary/aromatic N) is 2. The predicted octanol–water partition coefficient (Wildman–Crippen LogP) is 4.17. The van der Waals surface area contributed by atoms with Crippen molar-refractivity contribution < 1.29 is 19.1 Å². The normalized spacial score (nSPS) is 13.4. The number of rotatable bonds is 5. The van der Waals surface area contributed by atoms with Crippen molar-refractivity contribution in [3.63, 3.8) is 0 Å².